The summed E-state index contributed by atoms with van der Waals surface area (Å²) in [4.78, 5) is 0. The maximum Gasteiger partial charge on any atom is 0.0886 e. The molecule has 0 aromatic rings. The second-order valence-electron chi connectivity index (χ2n) is 5.90. The van der Waals surface area contributed by atoms with Gasteiger partial charge in [-0.2, -0.15) is 0 Å². The molecule has 0 atom stereocenters. The van der Waals surface area contributed by atoms with E-state index < -0.39 is 0 Å². The van der Waals surface area contributed by atoms with Crippen molar-refractivity contribution in [3.05, 3.63) is 0 Å². The van der Waals surface area contributed by atoms with Crippen molar-refractivity contribution in [2.24, 2.45) is 28.3 Å². The Morgan fingerprint density at radius 2 is 1.53 bits per heavy atom. The van der Waals surface area contributed by atoms with E-state index in [4.69, 9.17) is 5.21 Å². The van der Waals surface area contributed by atoms with Crippen molar-refractivity contribution in [3.8, 4) is 0 Å². The van der Waals surface area contributed by atoms with Crippen LogP contribution >= 0.6 is 0 Å². The molecule has 3 nitrogen and oxygen atoms in total. The highest BCUT2D eigenvalue weighted by atomic mass is 16.4. The van der Waals surface area contributed by atoms with Gasteiger partial charge in [0.25, 0.3) is 0 Å². The number of rotatable bonds is 2. The highest BCUT2D eigenvalue weighted by Gasteiger charge is 2.53. The van der Waals surface area contributed by atoms with Crippen LogP contribution < -0.4 is 0 Å². The summed E-state index contributed by atoms with van der Waals surface area (Å²) in [6, 6.07) is 0. The number of hydrogen-bond donors (Lipinski definition) is 2. The van der Waals surface area contributed by atoms with Crippen LogP contribution in [0.4, 0.5) is 0 Å². The van der Waals surface area contributed by atoms with Crippen molar-refractivity contribution >= 4 is 5.71 Å². The van der Waals surface area contributed by atoms with Gasteiger partial charge in [0.15, 0.2) is 0 Å². The van der Waals surface area contributed by atoms with Gasteiger partial charge in [-0.25, -0.2) is 0 Å². The molecule has 2 N–H and O–H groups in total. The lowest BCUT2D eigenvalue weighted by Crippen LogP contribution is -2.50. The fourth-order valence-electron chi connectivity index (χ4n) is 4.77. The van der Waals surface area contributed by atoms with E-state index in [1.54, 1.807) is 0 Å². The highest BCUT2D eigenvalue weighted by Crippen LogP contribution is 2.60. The molecule has 0 radical (unpaired) electrons. The van der Waals surface area contributed by atoms with Crippen LogP contribution in [0.5, 0.6) is 0 Å². The van der Waals surface area contributed by atoms with Crippen LogP contribution in [0.2, 0.25) is 0 Å². The quantitative estimate of drug-likeness (QED) is 0.415. The second-order valence-corrected chi connectivity index (χ2v) is 5.90. The zero-order valence-corrected chi connectivity index (χ0v) is 9.02. The Morgan fingerprint density at radius 1 is 1.07 bits per heavy atom. The van der Waals surface area contributed by atoms with Gasteiger partial charge in [-0.1, -0.05) is 5.16 Å². The molecule has 4 saturated carbocycles. The lowest BCUT2D eigenvalue weighted by molar-refractivity contribution is -0.0161. The van der Waals surface area contributed by atoms with Crippen LogP contribution in [-0.2, 0) is 0 Å². The monoisotopic (exact) mass is 209 g/mol. The predicted octanol–water partition coefficient (Wildman–Crippen LogP) is 2.03. The zero-order valence-electron chi connectivity index (χ0n) is 9.02. The van der Waals surface area contributed by atoms with Crippen LogP contribution in [0.3, 0.4) is 0 Å². The summed E-state index contributed by atoms with van der Waals surface area (Å²) in [5.41, 5.74) is 0.722. The van der Waals surface area contributed by atoms with Gasteiger partial charge in [0.05, 0.1) is 12.3 Å². The van der Waals surface area contributed by atoms with Gasteiger partial charge >= 0.3 is 0 Å². The van der Waals surface area contributed by atoms with Crippen LogP contribution in [-0.4, -0.2) is 22.6 Å². The van der Waals surface area contributed by atoms with Crippen molar-refractivity contribution in [2.75, 3.05) is 6.61 Å². The minimum absolute atomic E-state index is 0.0668. The minimum Gasteiger partial charge on any atom is -0.411 e. The van der Waals surface area contributed by atoms with Crippen molar-refractivity contribution in [1.29, 1.82) is 0 Å². The van der Waals surface area contributed by atoms with Crippen LogP contribution in [0.1, 0.15) is 38.5 Å². The predicted molar refractivity (Wildman–Crippen MR) is 56.9 cm³/mol. The summed E-state index contributed by atoms with van der Waals surface area (Å²) in [5.74, 6) is 2.50. The van der Waals surface area contributed by atoms with E-state index in [-0.39, 0.29) is 12.0 Å². The molecule has 0 amide bonds. The summed E-state index contributed by atoms with van der Waals surface area (Å²) in [6.45, 7) is -0.0668. The average Bonchev–Trinajstić information content (AvgIpc) is 2.16. The van der Waals surface area contributed by atoms with Crippen molar-refractivity contribution in [2.45, 2.75) is 38.5 Å². The molecule has 3 heteroatoms. The van der Waals surface area contributed by atoms with Crippen molar-refractivity contribution < 1.29 is 10.3 Å². The maximum absolute atomic E-state index is 9.30. The number of aliphatic hydroxyl groups is 1. The first kappa shape index (κ1) is 9.64. The maximum atomic E-state index is 9.30. The molecule has 0 aromatic heterocycles. The molecule has 0 heterocycles. The van der Waals surface area contributed by atoms with Gasteiger partial charge in [-0.15, -0.1) is 0 Å². The van der Waals surface area contributed by atoms with Crippen LogP contribution in [0.15, 0.2) is 5.16 Å². The topological polar surface area (TPSA) is 52.8 Å². The van der Waals surface area contributed by atoms with E-state index in [2.05, 4.69) is 5.16 Å². The first-order valence-electron chi connectivity index (χ1n) is 6.08. The normalized spacial score (nSPS) is 48.6. The Kier molecular flexibility index (Phi) is 2.06. The van der Waals surface area contributed by atoms with E-state index in [9.17, 15) is 5.11 Å². The fraction of sp³-hybridized carbons (Fsp3) is 0.917. The average molecular weight is 209 g/mol. The number of hydrogen-bond acceptors (Lipinski definition) is 3. The molecule has 15 heavy (non-hydrogen) atoms. The Bertz CT molecular complexity index is 263. The zero-order chi connectivity index (χ0) is 10.5. The molecule has 0 spiro atoms. The molecule has 4 fully saturated rings. The first-order chi connectivity index (χ1) is 7.25. The third-order valence-electron chi connectivity index (χ3n) is 4.92. The lowest BCUT2D eigenvalue weighted by atomic mass is 9.48. The fourth-order valence-corrected chi connectivity index (χ4v) is 4.77. The molecule has 4 bridgehead atoms. The van der Waals surface area contributed by atoms with E-state index >= 15 is 0 Å². The summed E-state index contributed by atoms with van der Waals surface area (Å²) >= 11 is 0. The SMILES string of the molecule is OC/C(=N\O)C12CC3CC(CC(C3)C1)C2. The Balaban J connectivity index is 1.92. The summed E-state index contributed by atoms with van der Waals surface area (Å²) in [7, 11) is 0. The van der Waals surface area contributed by atoms with Crippen molar-refractivity contribution in [1.82, 2.24) is 0 Å². The van der Waals surface area contributed by atoms with E-state index in [0.717, 1.165) is 37.0 Å². The third-order valence-corrected chi connectivity index (χ3v) is 4.92. The molecule has 0 aliphatic heterocycles. The molecule has 0 aromatic carbocycles. The van der Waals surface area contributed by atoms with Gasteiger partial charge in [-0.3, -0.25) is 0 Å². The highest BCUT2D eigenvalue weighted by molar-refractivity contribution is 5.91. The number of nitrogens with zero attached hydrogens (tertiary/aromatic N) is 1. The van der Waals surface area contributed by atoms with Crippen LogP contribution in [0, 0.1) is 23.2 Å². The van der Waals surface area contributed by atoms with Crippen LogP contribution in [0.25, 0.3) is 0 Å². The van der Waals surface area contributed by atoms with E-state index in [1.807, 2.05) is 0 Å². The molecule has 0 saturated heterocycles. The summed E-state index contributed by atoms with van der Waals surface area (Å²) in [5, 5.41) is 21.7. The molecular formula is C12H19NO2. The Hall–Kier alpha value is -0.570. The number of aliphatic hydroxyl groups excluding tert-OH is 1. The van der Waals surface area contributed by atoms with Gasteiger partial charge in [0.2, 0.25) is 0 Å². The molecular weight excluding hydrogens is 190 g/mol. The van der Waals surface area contributed by atoms with Gasteiger partial charge in [0.1, 0.15) is 0 Å². The third kappa shape index (κ3) is 1.32. The largest absolute Gasteiger partial charge is 0.411 e. The lowest BCUT2D eigenvalue weighted by Gasteiger charge is -2.56. The van der Waals surface area contributed by atoms with E-state index in [1.165, 1.54) is 19.3 Å². The standard InChI is InChI=1S/C12H19NO2/c14-7-11(13-15)12-4-8-1-9(5-12)3-10(2-8)6-12/h8-10,14-15H,1-7H2/b13-11+. The molecule has 4 rings (SSSR count). The van der Waals surface area contributed by atoms with Gasteiger partial charge in [0, 0.05) is 5.41 Å². The van der Waals surface area contributed by atoms with Gasteiger partial charge < -0.3 is 10.3 Å². The molecule has 4 aliphatic carbocycles. The Morgan fingerprint density at radius 3 is 1.87 bits per heavy atom. The summed E-state index contributed by atoms with van der Waals surface area (Å²) < 4.78 is 0. The second kappa shape index (κ2) is 3.21. The first-order valence-corrected chi connectivity index (χ1v) is 6.08. The molecule has 0 unspecified atom stereocenters. The molecule has 4 aliphatic rings. The molecule has 84 valence electrons. The number of oxime groups is 1. The minimum atomic E-state index is -0.0668. The smallest absolute Gasteiger partial charge is 0.0886 e. The van der Waals surface area contributed by atoms with Crippen molar-refractivity contribution in [3.63, 3.8) is 0 Å². The Labute approximate surface area is 90.2 Å². The summed E-state index contributed by atoms with van der Waals surface area (Å²) in [6.07, 6.45) is 7.59. The van der Waals surface area contributed by atoms with E-state index in [0.29, 0.717) is 5.71 Å². The van der Waals surface area contributed by atoms with Gasteiger partial charge in [-0.05, 0) is 56.3 Å².